The number of ether oxygens (including phenoxy) is 1. The summed E-state index contributed by atoms with van der Waals surface area (Å²) in [5, 5.41) is 8.95. The van der Waals surface area contributed by atoms with Crippen LogP contribution in [0.4, 0.5) is 0 Å². The summed E-state index contributed by atoms with van der Waals surface area (Å²) in [5.41, 5.74) is 1.37. The molecule has 1 heterocycles. The minimum absolute atomic E-state index is 0.204. The van der Waals surface area contributed by atoms with E-state index < -0.39 is 0 Å². The maximum atomic E-state index is 8.95. The Kier molecular flexibility index (Phi) is 2.54. The molecule has 20 heavy (non-hydrogen) atoms. The molecule has 1 aromatic heterocycles. The lowest BCUT2D eigenvalue weighted by Gasteiger charge is -2.56. The van der Waals surface area contributed by atoms with Crippen molar-refractivity contribution in [1.29, 1.82) is 5.26 Å². The third kappa shape index (κ3) is 1.65. The second kappa shape index (κ2) is 4.18. The third-order valence-electron chi connectivity index (χ3n) is 5.66. The first-order valence-corrected chi connectivity index (χ1v) is 7.54. The summed E-state index contributed by atoms with van der Waals surface area (Å²) in [6, 6.07) is 2.00. The lowest BCUT2D eigenvalue weighted by Crippen LogP contribution is -2.48. The first-order valence-electron chi connectivity index (χ1n) is 7.54. The molecule has 0 spiro atoms. The summed E-state index contributed by atoms with van der Waals surface area (Å²) in [6.07, 6.45) is 9.87. The van der Waals surface area contributed by atoms with Crippen molar-refractivity contribution in [3.05, 3.63) is 17.6 Å². The van der Waals surface area contributed by atoms with E-state index >= 15 is 0 Å². The minimum Gasteiger partial charge on any atom is -0.481 e. The van der Waals surface area contributed by atoms with Crippen LogP contribution in [-0.4, -0.2) is 17.1 Å². The molecule has 0 N–H and O–H groups in total. The quantitative estimate of drug-likeness (QED) is 0.828. The molecule has 5 rings (SSSR count). The van der Waals surface area contributed by atoms with E-state index in [-0.39, 0.29) is 11.2 Å². The second-order valence-corrected chi connectivity index (χ2v) is 6.93. The Morgan fingerprint density at radius 1 is 1.20 bits per heavy atom. The first kappa shape index (κ1) is 12.1. The molecule has 0 atom stereocenters. The zero-order valence-electron chi connectivity index (χ0n) is 11.8. The van der Waals surface area contributed by atoms with Gasteiger partial charge in [0.15, 0.2) is 0 Å². The maximum absolute atomic E-state index is 8.95. The lowest BCUT2D eigenvalue weighted by molar-refractivity contribution is -0.00659. The zero-order chi connectivity index (χ0) is 13.7. The van der Waals surface area contributed by atoms with Gasteiger partial charge in [0, 0.05) is 17.2 Å². The second-order valence-electron chi connectivity index (χ2n) is 6.93. The predicted octanol–water partition coefficient (Wildman–Crippen LogP) is 2.82. The fourth-order valence-electron chi connectivity index (χ4n) is 5.38. The Morgan fingerprint density at radius 3 is 2.30 bits per heavy atom. The van der Waals surface area contributed by atoms with Crippen LogP contribution in [0, 0.1) is 29.1 Å². The number of nitrogens with zero attached hydrogens (tertiary/aromatic N) is 3. The van der Waals surface area contributed by atoms with Crippen molar-refractivity contribution in [3.63, 3.8) is 0 Å². The van der Waals surface area contributed by atoms with Gasteiger partial charge in [-0.05, 0) is 56.3 Å². The standard InChI is InChI=1S/C16H19N3O/c1-20-15-13(9-18-14(8-17)19-15)16-5-10-2-11(6-16)4-12(3-10)7-16/h9-12H,2-7H2,1H3. The monoisotopic (exact) mass is 269 g/mol. The van der Waals surface area contributed by atoms with Gasteiger partial charge in [0.05, 0.1) is 7.11 Å². The van der Waals surface area contributed by atoms with Crippen molar-refractivity contribution >= 4 is 0 Å². The minimum atomic E-state index is 0.204. The van der Waals surface area contributed by atoms with Crippen LogP contribution in [0.5, 0.6) is 5.88 Å². The lowest BCUT2D eigenvalue weighted by atomic mass is 9.48. The molecular weight excluding hydrogens is 250 g/mol. The van der Waals surface area contributed by atoms with E-state index in [1.807, 2.05) is 12.3 Å². The van der Waals surface area contributed by atoms with Gasteiger partial charge in [-0.2, -0.15) is 10.2 Å². The molecule has 0 aliphatic heterocycles. The summed E-state index contributed by atoms with van der Waals surface area (Å²) in [7, 11) is 1.65. The molecule has 4 nitrogen and oxygen atoms in total. The average Bonchev–Trinajstić information content (AvgIpc) is 2.45. The van der Waals surface area contributed by atoms with Crippen molar-refractivity contribution in [1.82, 2.24) is 9.97 Å². The van der Waals surface area contributed by atoms with Crippen LogP contribution in [0.3, 0.4) is 0 Å². The molecule has 1 aromatic rings. The summed E-state index contributed by atoms with van der Waals surface area (Å²) in [6.45, 7) is 0. The Morgan fingerprint density at radius 2 is 1.80 bits per heavy atom. The Labute approximate surface area is 119 Å². The van der Waals surface area contributed by atoms with Crippen molar-refractivity contribution in [2.45, 2.75) is 43.9 Å². The maximum Gasteiger partial charge on any atom is 0.235 e. The van der Waals surface area contributed by atoms with Crippen LogP contribution >= 0.6 is 0 Å². The van der Waals surface area contributed by atoms with Crippen LogP contribution in [0.25, 0.3) is 0 Å². The fourth-order valence-corrected chi connectivity index (χ4v) is 5.38. The molecule has 0 aromatic carbocycles. The van der Waals surface area contributed by atoms with E-state index in [1.165, 1.54) is 38.5 Å². The number of hydrogen-bond donors (Lipinski definition) is 0. The highest BCUT2D eigenvalue weighted by Crippen LogP contribution is 2.61. The van der Waals surface area contributed by atoms with E-state index in [0.29, 0.717) is 5.88 Å². The van der Waals surface area contributed by atoms with Gasteiger partial charge in [-0.25, -0.2) is 4.98 Å². The molecule has 4 saturated carbocycles. The van der Waals surface area contributed by atoms with Gasteiger partial charge < -0.3 is 4.74 Å². The Bertz CT molecular complexity index is 555. The molecular formula is C16H19N3O. The molecule has 104 valence electrons. The first-order chi connectivity index (χ1) is 9.72. The van der Waals surface area contributed by atoms with Gasteiger partial charge in [-0.1, -0.05) is 0 Å². The average molecular weight is 269 g/mol. The molecule has 4 bridgehead atoms. The van der Waals surface area contributed by atoms with Crippen LogP contribution in [0.15, 0.2) is 6.20 Å². The van der Waals surface area contributed by atoms with Gasteiger partial charge in [0.25, 0.3) is 0 Å². The fraction of sp³-hybridized carbons (Fsp3) is 0.688. The van der Waals surface area contributed by atoms with Crippen molar-refractivity contribution in [3.8, 4) is 11.9 Å². The zero-order valence-corrected chi connectivity index (χ0v) is 11.8. The SMILES string of the molecule is COc1nc(C#N)ncc1C12CC3CC(CC(C3)C1)C2. The topological polar surface area (TPSA) is 58.8 Å². The van der Waals surface area contributed by atoms with Crippen LogP contribution in [0.1, 0.15) is 49.9 Å². The number of nitriles is 1. The van der Waals surface area contributed by atoms with E-state index in [2.05, 4.69) is 9.97 Å². The summed E-state index contributed by atoms with van der Waals surface area (Å²) in [4.78, 5) is 8.48. The van der Waals surface area contributed by atoms with Crippen molar-refractivity contribution < 1.29 is 4.74 Å². The van der Waals surface area contributed by atoms with Crippen molar-refractivity contribution in [2.75, 3.05) is 7.11 Å². The van der Waals surface area contributed by atoms with E-state index in [1.54, 1.807) is 7.11 Å². The smallest absolute Gasteiger partial charge is 0.235 e. The summed E-state index contributed by atoms with van der Waals surface area (Å²) < 4.78 is 5.48. The molecule has 0 saturated heterocycles. The molecule has 4 heteroatoms. The Balaban J connectivity index is 1.79. The molecule has 0 radical (unpaired) electrons. The molecule has 4 fully saturated rings. The van der Waals surface area contributed by atoms with Gasteiger partial charge in [0.1, 0.15) is 6.07 Å². The number of aromatic nitrogens is 2. The van der Waals surface area contributed by atoms with E-state index in [9.17, 15) is 0 Å². The van der Waals surface area contributed by atoms with Gasteiger partial charge in [-0.3, -0.25) is 0 Å². The Hall–Kier alpha value is -1.63. The molecule has 0 amide bonds. The molecule has 0 unspecified atom stereocenters. The predicted molar refractivity (Wildman–Crippen MR) is 73.1 cm³/mol. The van der Waals surface area contributed by atoms with Gasteiger partial charge >= 0.3 is 0 Å². The molecule has 4 aliphatic rings. The van der Waals surface area contributed by atoms with E-state index in [4.69, 9.17) is 10.00 Å². The largest absolute Gasteiger partial charge is 0.481 e. The van der Waals surface area contributed by atoms with Crippen LogP contribution in [-0.2, 0) is 5.41 Å². The number of hydrogen-bond acceptors (Lipinski definition) is 4. The van der Waals surface area contributed by atoms with Crippen molar-refractivity contribution in [2.24, 2.45) is 17.8 Å². The van der Waals surface area contributed by atoms with Crippen LogP contribution < -0.4 is 4.74 Å². The number of rotatable bonds is 2. The summed E-state index contributed by atoms with van der Waals surface area (Å²) in [5.74, 6) is 3.46. The molecule has 4 aliphatic carbocycles. The van der Waals surface area contributed by atoms with Gasteiger partial charge in [-0.15, -0.1) is 0 Å². The van der Waals surface area contributed by atoms with Gasteiger partial charge in [0.2, 0.25) is 11.7 Å². The normalized spacial score (nSPS) is 37.7. The highest BCUT2D eigenvalue weighted by Gasteiger charge is 2.52. The number of methoxy groups -OCH3 is 1. The summed E-state index contributed by atoms with van der Waals surface area (Å²) >= 11 is 0. The van der Waals surface area contributed by atoms with Crippen LogP contribution in [0.2, 0.25) is 0 Å². The third-order valence-corrected chi connectivity index (χ3v) is 5.66. The van der Waals surface area contributed by atoms with E-state index in [0.717, 1.165) is 23.3 Å². The highest BCUT2D eigenvalue weighted by molar-refractivity contribution is 5.36. The highest BCUT2D eigenvalue weighted by atomic mass is 16.5.